The summed E-state index contributed by atoms with van der Waals surface area (Å²) < 4.78 is 5.07. The Balaban J connectivity index is 1.84. The Kier molecular flexibility index (Phi) is 7.42. The van der Waals surface area contributed by atoms with Crippen LogP contribution >= 0.6 is 11.6 Å². The molecule has 0 spiro atoms. The van der Waals surface area contributed by atoms with Gasteiger partial charge in [-0.1, -0.05) is 11.6 Å². The fraction of sp³-hybridized carbons (Fsp3) is 0.409. The third-order valence-corrected chi connectivity index (χ3v) is 5.11. The lowest BCUT2D eigenvalue weighted by Gasteiger charge is -2.24. The molecule has 1 amide bonds. The molecule has 0 unspecified atom stereocenters. The van der Waals surface area contributed by atoms with E-state index in [-0.39, 0.29) is 18.4 Å². The van der Waals surface area contributed by atoms with E-state index in [9.17, 15) is 9.59 Å². The SMILES string of the molecule is CCOC(=O)c1ccnc(CN2CC(=O)N(CCN(C)C)c3ccc(Cl)cc3C2)c1. The Hall–Kier alpha value is -2.48. The average Bonchev–Trinajstić information content (AvgIpc) is 2.81. The van der Waals surface area contributed by atoms with E-state index in [0.717, 1.165) is 17.8 Å². The number of aromatic nitrogens is 1. The second-order valence-corrected chi connectivity index (χ2v) is 7.96. The summed E-state index contributed by atoms with van der Waals surface area (Å²) in [6, 6.07) is 8.99. The van der Waals surface area contributed by atoms with Gasteiger partial charge in [0.15, 0.2) is 0 Å². The highest BCUT2D eigenvalue weighted by Crippen LogP contribution is 2.29. The summed E-state index contributed by atoms with van der Waals surface area (Å²) in [7, 11) is 3.97. The highest BCUT2D eigenvalue weighted by molar-refractivity contribution is 6.30. The van der Waals surface area contributed by atoms with Gasteiger partial charge in [0.25, 0.3) is 0 Å². The van der Waals surface area contributed by atoms with Gasteiger partial charge in [-0.2, -0.15) is 0 Å². The van der Waals surface area contributed by atoms with Crippen LogP contribution in [0.15, 0.2) is 36.5 Å². The predicted octanol–water partition coefficient (Wildman–Crippen LogP) is 2.82. The van der Waals surface area contributed by atoms with Crippen LogP contribution < -0.4 is 4.90 Å². The molecule has 0 saturated carbocycles. The van der Waals surface area contributed by atoms with Crippen LogP contribution in [-0.4, -0.2) is 67.0 Å². The second kappa shape index (κ2) is 10.0. The molecule has 30 heavy (non-hydrogen) atoms. The van der Waals surface area contributed by atoms with E-state index >= 15 is 0 Å². The van der Waals surface area contributed by atoms with E-state index in [4.69, 9.17) is 16.3 Å². The number of likely N-dealkylation sites (N-methyl/N-ethyl adjacent to an activating group) is 1. The van der Waals surface area contributed by atoms with Crippen molar-refractivity contribution in [3.63, 3.8) is 0 Å². The topological polar surface area (TPSA) is 66.0 Å². The maximum Gasteiger partial charge on any atom is 0.338 e. The Morgan fingerprint density at radius 3 is 2.77 bits per heavy atom. The van der Waals surface area contributed by atoms with E-state index < -0.39 is 0 Å². The molecular formula is C22H27ClN4O3. The first-order valence-electron chi connectivity index (χ1n) is 9.95. The summed E-state index contributed by atoms with van der Waals surface area (Å²) in [4.78, 5) is 35.4. The number of halogens is 1. The van der Waals surface area contributed by atoms with Crippen molar-refractivity contribution in [3.8, 4) is 0 Å². The third-order valence-electron chi connectivity index (χ3n) is 4.87. The van der Waals surface area contributed by atoms with Crippen LogP contribution in [0.25, 0.3) is 0 Å². The number of benzene rings is 1. The summed E-state index contributed by atoms with van der Waals surface area (Å²) in [5.41, 5.74) is 3.05. The number of hydrogen-bond donors (Lipinski definition) is 0. The molecule has 0 saturated heterocycles. The Labute approximate surface area is 182 Å². The van der Waals surface area contributed by atoms with Gasteiger partial charge in [0.1, 0.15) is 0 Å². The van der Waals surface area contributed by atoms with Crippen molar-refractivity contribution in [2.24, 2.45) is 0 Å². The number of nitrogens with zero attached hydrogens (tertiary/aromatic N) is 4. The molecule has 2 heterocycles. The van der Waals surface area contributed by atoms with Crippen LogP contribution in [0.4, 0.5) is 5.69 Å². The normalized spacial score (nSPS) is 14.6. The van der Waals surface area contributed by atoms with Gasteiger partial charge in [0.2, 0.25) is 5.91 Å². The second-order valence-electron chi connectivity index (χ2n) is 7.52. The first-order chi connectivity index (χ1) is 14.4. The monoisotopic (exact) mass is 430 g/mol. The smallest absolute Gasteiger partial charge is 0.338 e. The Morgan fingerprint density at radius 1 is 1.23 bits per heavy atom. The molecule has 1 aliphatic heterocycles. The fourth-order valence-corrected chi connectivity index (χ4v) is 3.64. The van der Waals surface area contributed by atoms with Gasteiger partial charge in [-0.05, 0) is 56.9 Å². The summed E-state index contributed by atoms with van der Waals surface area (Å²) in [5, 5.41) is 0.637. The lowest BCUT2D eigenvalue weighted by atomic mass is 10.1. The van der Waals surface area contributed by atoms with Crippen LogP contribution in [0, 0.1) is 0 Å². The molecule has 0 atom stereocenters. The fourth-order valence-electron chi connectivity index (χ4n) is 3.44. The molecule has 0 fully saturated rings. The highest BCUT2D eigenvalue weighted by atomic mass is 35.5. The quantitative estimate of drug-likeness (QED) is 0.629. The van der Waals surface area contributed by atoms with Crippen molar-refractivity contribution in [1.29, 1.82) is 0 Å². The average molecular weight is 431 g/mol. The van der Waals surface area contributed by atoms with Gasteiger partial charge in [0, 0.05) is 43.1 Å². The van der Waals surface area contributed by atoms with Crippen molar-refractivity contribution >= 4 is 29.2 Å². The van der Waals surface area contributed by atoms with E-state index in [1.165, 1.54) is 0 Å². The number of ether oxygens (including phenoxy) is 1. The lowest BCUT2D eigenvalue weighted by Crippen LogP contribution is -2.40. The van der Waals surface area contributed by atoms with Gasteiger partial charge >= 0.3 is 5.97 Å². The molecule has 3 rings (SSSR count). The highest BCUT2D eigenvalue weighted by Gasteiger charge is 2.27. The van der Waals surface area contributed by atoms with Crippen LogP contribution in [-0.2, 0) is 22.6 Å². The minimum atomic E-state index is -0.375. The minimum absolute atomic E-state index is 0.0273. The number of hydrogen-bond acceptors (Lipinski definition) is 6. The number of anilines is 1. The third kappa shape index (κ3) is 5.56. The number of pyridine rings is 1. The first-order valence-corrected chi connectivity index (χ1v) is 10.3. The largest absolute Gasteiger partial charge is 0.462 e. The Bertz CT molecular complexity index is 919. The van der Waals surface area contributed by atoms with Crippen LogP contribution in [0.2, 0.25) is 5.02 Å². The molecule has 0 bridgehead atoms. The molecule has 1 aromatic heterocycles. The maximum atomic E-state index is 13.1. The van der Waals surface area contributed by atoms with E-state index in [2.05, 4.69) is 9.88 Å². The summed E-state index contributed by atoms with van der Waals surface area (Å²) in [5.74, 6) is -0.348. The molecule has 8 heteroatoms. The van der Waals surface area contributed by atoms with Crippen LogP contribution in [0.1, 0.15) is 28.5 Å². The number of amides is 1. The maximum absolute atomic E-state index is 13.1. The molecule has 0 aliphatic carbocycles. The first kappa shape index (κ1) is 22.2. The van der Waals surface area contributed by atoms with Gasteiger partial charge < -0.3 is 14.5 Å². The minimum Gasteiger partial charge on any atom is -0.462 e. The molecule has 0 N–H and O–H groups in total. The predicted molar refractivity (Wildman–Crippen MR) is 117 cm³/mol. The van der Waals surface area contributed by atoms with Gasteiger partial charge in [-0.25, -0.2) is 4.79 Å². The molecule has 0 radical (unpaired) electrons. The molecule has 1 aromatic carbocycles. The van der Waals surface area contributed by atoms with Gasteiger partial charge in [-0.3, -0.25) is 14.7 Å². The van der Waals surface area contributed by atoms with Crippen molar-refractivity contribution in [2.75, 3.05) is 45.2 Å². The molecular weight excluding hydrogens is 404 g/mol. The summed E-state index contributed by atoms with van der Waals surface area (Å²) >= 11 is 6.24. The number of rotatable bonds is 7. The number of esters is 1. The number of fused-ring (bicyclic) bond motifs is 1. The zero-order chi connectivity index (χ0) is 21.7. The summed E-state index contributed by atoms with van der Waals surface area (Å²) in [6.45, 7) is 4.70. The lowest BCUT2D eigenvalue weighted by molar-refractivity contribution is -0.119. The number of carbonyl (C=O) groups excluding carboxylic acids is 2. The molecule has 2 aromatic rings. The van der Waals surface area contributed by atoms with Gasteiger partial charge in [-0.15, -0.1) is 0 Å². The van der Waals surface area contributed by atoms with Crippen molar-refractivity contribution < 1.29 is 14.3 Å². The summed E-state index contributed by atoms with van der Waals surface area (Å²) in [6.07, 6.45) is 1.59. The van der Waals surface area contributed by atoms with Crippen LogP contribution in [0.5, 0.6) is 0 Å². The van der Waals surface area contributed by atoms with Crippen molar-refractivity contribution in [1.82, 2.24) is 14.8 Å². The zero-order valence-corrected chi connectivity index (χ0v) is 18.4. The standard InChI is InChI=1S/C22H27ClN4O3/c1-4-30-22(29)16-7-8-24-19(12-16)14-26-13-17-11-18(23)5-6-20(17)27(21(28)15-26)10-9-25(2)3/h5-8,11-12H,4,9-10,13-15H2,1-3H3. The Morgan fingerprint density at radius 2 is 2.03 bits per heavy atom. The zero-order valence-electron chi connectivity index (χ0n) is 17.6. The van der Waals surface area contributed by atoms with Crippen molar-refractivity contribution in [3.05, 3.63) is 58.4 Å². The van der Waals surface area contributed by atoms with Gasteiger partial charge in [0.05, 0.1) is 24.4 Å². The molecule has 7 nitrogen and oxygen atoms in total. The van der Waals surface area contributed by atoms with E-state index in [0.29, 0.717) is 42.5 Å². The van der Waals surface area contributed by atoms with Crippen molar-refractivity contribution in [2.45, 2.75) is 20.0 Å². The van der Waals surface area contributed by atoms with E-state index in [1.807, 2.05) is 42.1 Å². The molecule has 1 aliphatic rings. The number of carbonyl (C=O) groups is 2. The van der Waals surface area contributed by atoms with E-state index in [1.54, 1.807) is 25.3 Å². The van der Waals surface area contributed by atoms with Crippen LogP contribution in [0.3, 0.4) is 0 Å². The molecule has 160 valence electrons.